The van der Waals surface area contributed by atoms with E-state index in [1.54, 1.807) is 11.5 Å². The van der Waals surface area contributed by atoms with Crippen LogP contribution in [-0.4, -0.2) is 50.9 Å². The van der Waals surface area contributed by atoms with Gasteiger partial charge in [-0.1, -0.05) is 12.1 Å². The summed E-state index contributed by atoms with van der Waals surface area (Å²) in [5.41, 5.74) is -0.0803. The van der Waals surface area contributed by atoms with E-state index in [2.05, 4.69) is 4.72 Å². The number of aliphatic hydroxyl groups excluding tert-OH is 1. The molecule has 0 radical (unpaired) electrons. The van der Waals surface area contributed by atoms with Crippen molar-refractivity contribution in [3.8, 4) is 16.9 Å². The van der Waals surface area contributed by atoms with Crippen LogP contribution in [0.15, 0.2) is 46.2 Å². The third kappa shape index (κ3) is 4.66. The monoisotopic (exact) mass is 504 g/mol. The minimum Gasteiger partial charge on any atom is -0.494 e. The summed E-state index contributed by atoms with van der Waals surface area (Å²) < 4.78 is 54.7. The number of aliphatic hydroxyl groups is 1. The molecule has 1 heterocycles. The summed E-state index contributed by atoms with van der Waals surface area (Å²) in [5.74, 6) is -1.43. The average molecular weight is 505 g/mol. The Morgan fingerprint density at radius 3 is 2.51 bits per heavy atom. The molecule has 1 aromatic heterocycles. The van der Waals surface area contributed by atoms with Crippen molar-refractivity contribution in [3.05, 3.63) is 58.1 Å². The van der Waals surface area contributed by atoms with Crippen molar-refractivity contribution in [1.82, 2.24) is 9.29 Å². The first-order valence-corrected chi connectivity index (χ1v) is 12.5. The van der Waals surface area contributed by atoms with Gasteiger partial charge in [-0.15, -0.1) is 0 Å². The molecule has 4 rings (SSSR count). The fourth-order valence-electron chi connectivity index (χ4n) is 3.98. The predicted octanol–water partition coefficient (Wildman–Crippen LogP) is 2.60. The first-order valence-electron chi connectivity index (χ1n) is 11.1. The Hall–Kier alpha value is -3.28. The van der Waals surface area contributed by atoms with E-state index in [9.17, 15) is 18.0 Å². The number of carbonyl (C=O) groups is 1. The number of pyridine rings is 1. The smallest absolute Gasteiger partial charge is 0.343 e. The Balaban J connectivity index is 1.91. The topological polar surface area (TPSA) is 124 Å². The predicted molar refractivity (Wildman–Crippen MR) is 127 cm³/mol. The maximum atomic E-state index is 15.5. The van der Waals surface area contributed by atoms with E-state index in [0.717, 1.165) is 18.9 Å². The maximum Gasteiger partial charge on any atom is 0.343 e. The number of ether oxygens (including phenoxy) is 2. The zero-order valence-electron chi connectivity index (χ0n) is 19.2. The molecule has 1 saturated carbocycles. The average Bonchev–Trinajstić information content (AvgIpc) is 3.68. The first kappa shape index (κ1) is 24.8. The van der Waals surface area contributed by atoms with E-state index in [-0.39, 0.29) is 53.0 Å². The molecule has 0 aliphatic heterocycles. The number of fused-ring (bicyclic) bond motifs is 1. The Labute approximate surface area is 201 Å². The number of hydrogen-bond donors (Lipinski definition) is 2. The van der Waals surface area contributed by atoms with E-state index >= 15 is 4.39 Å². The van der Waals surface area contributed by atoms with Gasteiger partial charge in [0.05, 0.1) is 41.7 Å². The fraction of sp³-hybridized carbons (Fsp3) is 0.333. The van der Waals surface area contributed by atoms with Crippen LogP contribution in [0.3, 0.4) is 0 Å². The van der Waals surface area contributed by atoms with Crippen LogP contribution in [0, 0.1) is 5.82 Å². The SMILES string of the molecule is CCOC(=O)c1cn(C2CC2)c2c(OC)c(-c3ccc(S(=O)(=O)NCCO)cc3)c(F)cc2c1=O. The summed E-state index contributed by atoms with van der Waals surface area (Å²) >= 11 is 0. The lowest BCUT2D eigenvalue weighted by Crippen LogP contribution is -2.26. The summed E-state index contributed by atoms with van der Waals surface area (Å²) in [5, 5.41) is 8.86. The van der Waals surface area contributed by atoms with Crippen LogP contribution in [0.25, 0.3) is 22.0 Å². The van der Waals surface area contributed by atoms with Gasteiger partial charge >= 0.3 is 5.97 Å². The molecule has 1 aliphatic carbocycles. The number of benzene rings is 2. The standard InChI is InChI=1S/C24H25FN2O7S/c1-3-34-24(30)18-13-27(15-6-7-15)21-17(22(18)29)12-19(25)20(23(21)33-2)14-4-8-16(9-5-14)35(31,32)26-10-11-28/h4-5,8-9,12-13,15,26,28H,3,6-7,10-11H2,1-2H3. The van der Waals surface area contributed by atoms with Crippen LogP contribution in [0.5, 0.6) is 5.75 Å². The van der Waals surface area contributed by atoms with Crippen LogP contribution in [0.1, 0.15) is 36.2 Å². The second-order valence-corrected chi connectivity index (χ2v) is 9.81. The Morgan fingerprint density at radius 2 is 1.94 bits per heavy atom. The van der Waals surface area contributed by atoms with Crippen LogP contribution in [0.4, 0.5) is 4.39 Å². The van der Waals surface area contributed by atoms with Gasteiger partial charge in [-0.2, -0.15) is 0 Å². The van der Waals surface area contributed by atoms with Crippen molar-refractivity contribution < 1.29 is 32.2 Å². The van der Waals surface area contributed by atoms with Crippen molar-refractivity contribution in [3.63, 3.8) is 0 Å². The van der Waals surface area contributed by atoms with Gasteiger partial charge < -0.3 is 19.1 Å². The van der Waals surface area contributed by atoms with E-state index in [0.29, 0.717) is 11.1 Å². The number of aromatic nitrogens is 1. The van der Waals surface area contributed by atoms with E-state index in [4.69, 9.17) is 14.6 Å². The van der Waals surface area contributed by atoms with Crippen molar-refractivity contribution in [2.45, 2.75) is 30.7 Å². The van der Waals surface area contributed by atoms with Gasteiger partial charge in [0.1, 0.15) is 11.4 Å². The van der Waals surface area contributed by atoms with Gasteiger partial charge in [0.2, 0.25) is 15.5 Å². The van der Waals surface area contributed by atoms with E-state index in [1.807, 2.05) is 0 Å². The zero-order chi connectivity index (χ0) is 25.3. The quantitative estimate of drug-likeness (QED) is 0.429. The number of rotatable bonds is 9. The van der Waals surface area contributed by atoms with Crippen molar-refractivity contribution >= 4 is 26.9 Å². The van der Waals surface area contributed by atoms with E-state index < -0.39 is 27.2 Å². The molecule has 0 atom stereocenters. The van der Waals surface area contributed by atoms with Crippen molar-refractivity contribution in [1.29, 1.82) is 0 Å². The van der Waals surface area contributed by atoms with Crippen LogP contribution in [0.2, 0.25) is 0 Å². The van der Waals surface area contributed by atoms with Gasteiger partial charge in [0.25, 0.3) is 0 Å². The largest absolute Gasteiger partial charge is 0.494 e. The first-order chi connectivity index (χ1) is 16.7. The van der Waals surface area contributed by atoms with Gasteiger partial charge in [-0.05, 0) is 43.5 Å². The molecular weight excluding hydrogens is 479 g/mol. The molecule has 1 aliphatic rings. The van der Waals surface area contributed by atoms with Crippen molar-refractivity contribution in [2.75, 3.05) is 26.9 Å². The molecule has 11 heteroatoms. The van der Waals surface area contributed by atoms with Crippen molar-refractivity contribution in [2.24, 2.45) is 0 Å². The Morgan fingerprint density at radius 1 is 1.26 bits per heavy atom. The number of methoxy groups -OCH3 is 1. The summed E-state index contributed by atoms with van der Waals surface area (Å²) in [6.45, 7) is 1.24. The molecular formula is C24H25FN2O7S. The lowest BCUT2D eigenvalue weighted by molar-refractivity contribution is 0.0524. The summed E-state index contributed by atoms with van der Waals surface area (Å²) in [4.78, 5) is 25.5. The highest BCUT2D eigenvalue weighted by molar-refractivity contribution is 7.89. The second-order valence-electron chi connectivity index (χ2n) is 8.04. The van der Waals surface area contributed by atoms with E-state index in [1.165, 1.54) is 37.6 Å². The molecule has 0 unspecified atom stereocenters. The van der Waals surface area contributed by atoms with Gasteiger partial charge in [0, 0.05) is 18.8 Å². The number of hydrogen-bond acceptors (Lipinski definition) is 7. The Kier molecular flexibility index (Phi) is 6.93. The Bertz CT molecular complexity index is 1450. The van der Waals surface area contributed by atoms with Gasteiger partial charge in [-0.25, -0.2) is 22.3 Å². The minimum absolute atomic E-state index is 0.00652. The number of nitrogens with zero attached hydrogens (tertiary/aromatic N) is 1. The molecule has 0 spiro atoms. The van der Waals surface area contributed by atoms with Crippen LogP contribution < -0.4 is 14.9 Å². The molecule has 2 N–H and O–H groups in total. The summed E-state index contributed by atoms with van der Waals surface area (Å²) in [6, 6.07) is 6.60. The molecule has 3 aromatic rings. The minimum atomic E-state index is -3.84. The molecule has 2 aromatic carbocycles. The number of nitrogens with one attached hydrogen (secondary N) is 1. The molecule has 1 fully saturated rings. The lowest BCUT2D eigenvalue weighted by Gasteiger charge is -2.19. The lowest BCUT2D eigenvalue weighted by atomic mass is 10.00. The number of halogens is 1. The fourth-order valence-corrected chi connectivity index (χ4v) is 5.00. The third-order valence-electron chi connectivity index (χ3n) is 5.72. The highest BCUT2D eigenvalue weighted by atomic mass is 32.2. The molecule has 0 amide bonds. The van der Waals surface area contributed by atoms with Gasteiger partial charge in [-0.3, -0.25) is 4.79 Å². The number of sulfonamides is 1. The summed E-state index contributed by atoms with van der Waals surface area (Å²) in [6.07, 6.45) is 3.08. The highest BCUT2D eigenvalue weighted by Crippen LogP contribution is 2.43. The maximum absolute atomic E-state index is 15.5. The molecule has 0 bridgehead atoms. The zero-order valence-corrected chi connectivity index (χ0v) is 20.0. The van der Waals surface area contributed by atoms with Crippen LogP contribution >= 0.6 is 0 Å². The molecule has 35 heavy (non-hydrogen) atoms. The number of carbonyl (C=O) groups excluding carboxylic acids is 1. The molecule has 0 saturated heterocycles. The summed E-state index contributed by atoms with van der Waals surface area (Å²) in [7, 11) is -2.48. The molecule has 186 valence electrons. The van der Waals surface area contributed by atoms with Crippen LogP contribution in [-0.2, 0) is 14.8 Å². The normalized spacial score (nSPS) is 13.7. The molecule has 9 nitrogen and oxygen atoms in total. The number of esters is 1. The third-order valence-corrected chi connectivity index (χ3v) is 7.20. The highest BCUT2D eigenvalue weighted by Gasteiger charge is 2.30. The van der Waals surface area contributed by atoms with Gasteiger partial charge in [0.15, 0.2) is 5.75 Å². The second kappa shape index (κ2) is 9.76.